The largest absolute Gasteiger partial charge is 0.495 e. The number of aryl methyl sites for hydroxylation is 3. The van der Waals surface area contributed by atoms with Crippen LogP contribution >= 0.6 is 23.1 Å². The highest BCUT2D eigenvalue weighted by Crippen LogP contribution is 2.39. The van der Waals surface area contributed by atoms with Gasteiger partial charge in [-0.1, -0.05) is 23.9 Å². The molecule has 1 aliphatic carbocycles. The molecule has 0 aliphatic heterocycles. The summed E-state index contributed by atoms with van der Waals surface area (Å²) in [5, 5.41) is 27.0. The summed E-state index contributed by atoms with van der Waals surface area (Å²) in [6, 6.07) is 11.8. The highest BCUT2D eigenvalue weighted by atomic mass is 32.2. The Hall–Kier alpha value is -3.62. The number of methoxy groups -OCH3 is 1. The first-order valence-corrected chi connectivity index (χ1v) is 12.9. The number of aromatic nitrogens is 5. The van der Waals surface area contributed by atoms with Gasteiger partial charge in [0.1, 0.15) is 22.5 Å². The predicted octanol–water partition coefficient (Wildman–Crippen LogP) is 4.14. The van der Waals surface area contributed by atoms with E-state index in [-0.39, 0.29) is 11.7 Å². The monoisotopic (exact) mass is 505 g/mol. The number of ether oxygens (including phenoxy) is 1. The fourth-order valence-electron chi connectivity index (χ4n) is 4.13. The fourth-order valence-corrected chi connectivity index (χ4v) is 6.14. The van der Waals surface area contributed by atoms with Gasteiger partial charge in [0.15, 0.2) is 11.0 Å². The van der Waals surface area contributed by atoms with Crippen molar-refractivity contribution in [2.45, 2.75) is 31.3 Å². The molecule has 9 nitrogen and oxygen atoms in total. The number of nitrogens with one attached hydrogen (secondary N) is 1. The summed E-state index contributed by atoms with van der Waals surface area (Å²) in [5.41, 5.74) is 4.10. The van der Waals surface area contributed by atoms with E-state index in [0.717, 1.165) is 36.2 Å². The minimum atomic E-state index is -0.198. The lowest BCUT2D eigenvalue weighted by atomic mass is 10.1. The molecule has 5 rings (SSSR count). The summed E-state index contributed by atoms with van der Waals surface area (Å²) in [5.74, 6) is 1.13. The van der Waals surface area contributed by atoms with Gasteiger partial charge in [-0.15, -0.1) is 21.5 Å². The van der Waals surface area contributed by atoms with Crippen molar-refractivity contribution >= 4 is 34.0 Å². The number of carbonyl (C=O) groups excluding carboxylic acids is 1. The molecule has 3 aromatic heterocycles. The molecule has 178 valence electrons. The molecule has 1 N–H and O–H groups in total. The number of carbonyl (C=O) groups is 1. The van der Waals surface area contributed by atoms with Crippen LogP contribution in [0.1, 0.15) is 28.1 Å². The number of thiophene rings is 1. The second-order valence-corrected chi connectivity index (χ2v) is 10.2. The van der Waals surface area contributed by atoms with Crippen molar-refractivity contribution in [3.8, 4) is 29.0 Å². The Morgan fingerprint density at radius 2 is 2.14 bits per heavy atom. The molecule has 1 amide bonds. The maximum atomic E-state index is 12.8. The van der Waals surface area contributed by atoms with Crippen molar-refractivity contribution in [2.75, 3.05) is 18.2 Å². The molecule has 0 spiro atoms. The molecule has 4 aromatic rings. The summed E-state index contributed by atoms with van der Waals surface area (Å²) in [7, 11) is 3.48. The van der Waals surface area contributed by atoms with Crippen molar-refractivity contribution in [3.63, 3.8) is 0 Å². The van der Waals surface area contributed by atoms with Gasteiger partial charge in [0.25, 0.3) is 0 Å². The van der Waals surface area contributed by atoms with Crippen molar-refractivity contribution in [1.82, 2.24) is 24.5 Å². The Labute approximate surface area is 210 Å². The lowest BCUT2D eigenvalue weighted by Gasteiger charge is -2.13. The second kappa shape index (κ2) is 9.56. The van der Waals surface area contributed by atoms with E-state index >= 15 is 0 Å². The van der Waals surface area contributed by atoms with Gasteiger partial charge in [0, 0.05) is 17.6 Å². The average Bonchev–Trinajstić information content (AvgIpc) is 3.61. The maximum Gasteiger partial charge on any atom is 0.235 e. The third-order valence-electron chi connectivity index (χ3n) is 5.92. The standard InChI is InChI=1S/C24H23N7O2S2/c1-14-11-17(29-30(14)2)22-27-28-24(31(22)18-8-4-5-9-19(18)33-3)34-13-21(32)26-23-16(12-25)15-7-6-10-20(15)35-23/h4-5,8-9,11H,6-7,10,13H2,1-3H3,(H,26,32). The first-order chi connectivity index (χ1) is 17.0. The number of hydrogen-bond donors (Lipinski definition) is 1. The van der Waals surface area contributed by atoms with Crippen LogP contribution in [-0.2, 0) is 24.7 Å². The molecule has 0 atom stereocenters. The van der Waals surface area contributed by atoms with E-state index in [1.165, 1.54) is 28.0 Å². The number of fused-ring (bicyclic) bond motifs is 1. The summed E-state index contributed by atoms with van der Waals surface area (Å²) >= 11 is 2.78. The molecular weight excluding hydrogens is 482 g/mol. The van der Waals surface area contributed by atoms with Gasteiger partial charge in [-0.25, -0.2) is 0 Å². The normalized spacial score (nSPS) is 12.4. The van der Waals surface area contributed by atoms with Crippen LogP contribution in [0.25, 0.3) is 17.2 Å². The number of anilines is 1. The second-order valence-electron chi connectivity index (χ2n) is 8.12. The minimum absolute atomic E-state index is 0.113. The molecule has 0 radical (unpaired) electrons. The zero-order valence-corrected chi connectivity index (χ0v) is 21.2. The van der Waals surface area contributed by atoms with Crippen LogP contribution in [0, 0.1) is 18.3 Å². The molecule has 0 saturated heterocycles. The van der Waals surface area contributed by atoms with Gasteiger partial charge < -0.3 is 10.1 Å². The number of rotatable bonds is 7. The van der Waals surface area contributed by atoms with Gasteiger partial charge in [-0.05, 0) is 49.9 Å². The van der Waals surface area contributed by atoms with E-state index in [1.807, 2.05) is 48.9 Å². The van der Waals surface area contributed by atoms with Crippen molar-refractivity contribution < 1.29 is 9.53 Å². The lowest BCUT2D eigenvalue weighted by Crippen LogP contribution is -2.14. The Morgan fingerprint density at radius 1 is 1.31 bits per heavy atom. The van der Waals surface area contributed by atoms with Gasteiger partial charge in [-0.2, -0.15) is 10.4 Å². The molecule has 1 aromatic carbocycles. The fraction of sp³-hybridized carbons (Fsp3) is 0.292. The Kier molecular flexibility index (Phi) is 6.32. The predicted molar refractivity (Wildman–Crippen MR) is 135 cm³/mol. The minimum Gasteiger partial charge on any atom is -0.495 e. The van der Waals surface area contributed by atoms with Gasteiger partial charge in [-0.3, -0.25) is 14.0 Å². The average molecular weight is 506 g/mol. The number of amides is 1. The SMILES string of the molecule is COc1ccccc1-n1c(SCC(=O)Nc2sc3c(c2C#N)CCC3)nnc1-c1cc(C)n(C)n1. The van der Waals surface area contributed by atoms with Crippen molar-refractivity contribution in [1.29, 1.82) is 5.26 Å². The zero-order chi connectivity index (χ0) is 24.5. The first kappa shape index (κ1) is 23.1. The highest BCUT2D eigenvalue weighted by Gasteiger charge is 2.24. The maximum absolute atomic E-state index is 12.8. The Balaban J connectivity index is 1.43. The van der Waals surface area contributed by atoms with Crippen LogP contribution < -0.4 is 10.1 Å². The summed E-state index contributed by atoms with van der Waals surface area (Å²) in [6.45, 7) is 1.97. The molecule has 0 saturated carbocycles. The van der Waals surface area contributed by atoms with Gasteiger partial charge >= 0.3 is 0 Å². The van der Waals surface area contributed by atoms with E-state index in [4.69, 9.17) is 4.74 Å². The van der Waals surface area contributed by atoms with Crippen molar-refractivity contribution in [2.24, 2.45) is 7.05 Å². The van der Waals surface area contributed by atoms with Crippen LogP contribution in [0.5, 0.6) is 5.75 Å². The molecule has 1 aliphatic rings. The Bertz CT molecular complexity index is 1440. The van der Waals surface area contributed by atoms with Crippen LogP contribution in [0.2, 0.25) is 0 Å². The number of nitriles is 1. The number of thioether (sulfide) groups is 1. The van der Waals surface area contributed by atoms with Crippen LogP contribution in [0.4, 0.5) is 5.00 Å². The topological polar surface area (TPSA) is 111 Å². The van der Waals surface area contributed by atoms with Crippen LogP contribution in [-0.4, -0.2) is 43.3 Å². The number of benzene rings is 1. The number of hydrogen-bond acceptors (Lipinski definition) is 8. The molecule has 11 heteroatoms. The first-order valence-electron chi connectivity index (χ1n) is 11.1. The molecular formula is C24H23N7O2S2. The van der Waals surface area contributed by atoms with E-state index in [2.05, 4.69) is 26.7 Å². The third kappa shape index (κ3) is 4.31. The molecule has 3 heterocycles. The van der Waals surface area contributed by atoms with E-state index in [9.17, 15) is 10.1 Å². The zero-order valence-electron chi connectivity index (χ0n) is 19.5. The van der Waals surface area contributed by atoms with Gasteiger partial charge in [0.2, 0.25) is 5.91 Å². The van der Waals surface area contributed by atoms with E-state index < -0.39 is 0 Å². The smallest absolute Gasteiger partial charge is 0.235 e. The Morgan fingerprint density at radius 3 is 2.89 bits per heavy atom. The third-order valence-corrected chi connectivity index (χ3v) is 8.06. The number of nitrogens with zero attached hydrogens (tertiary/aromatic N) is 6. The summed E-state index contributed by atoms with van der Waals surface area (Å²) in [4.78, 5) is 14.0. The molecule has 0 bridgehead atoms. The summed E-state index contributed by atoms with van der Waals surface area (Å²) < 4.78 is 9.22. The quantitative estimate of drug-likeness (QED) is 0.376. The van der Waals surface area contributed by atoms with Crippen LogP contribution in [0.3, 0.4) is 0 Å². The van der Waals surface area contributed by atoms with Crippen molar-refractivity contribution in [3.05, 3.63) is 52.0 Å². The van der Waals surface area contributed by atoms with E-state index in [1.54, 1.807) is 11.8 Å². The molecule has 35 heavy (non-hydrogen) atoms. The van der Waals surface area contributed by atoms with Crippen LogP contribution in [0.15, 0.2) is 35.5 Å². The molecule has 0 fully saturated rings. The van der Waals surface area contributed by atoms with Gasteiger partial charge in [0.05, 0.1) is 24.1 Å². The molecule has 0 unspecified atom stereocenters. The van der Waals surface area contributed by atoms with E-state index in [0.29, 0.717) is 33.0 Å². The highest BCUT2D eigenvalue weighted by molar-refractivity contribution is 7.99. The number of para-hydroxylation sites is 2. The summed E-state index contributed by atoms with van der Waals surface area (Å²) in [6.07, 6.45) is 2.94. The lowest BCUT2D eigenvalue weighted by molar-refractivity contribution is -0.113.